The Bertz CT molecular complexity index is 1300. The second-order valence-electron chi connectivity index (χ2n) is 7.74. The molecule has 2 aromatic carbocycles. The number of furan rings is 1. The molecule has 5 rings (SSSR count). The van der Waals surface area contributed by atoms with Crippen molar-refractivity contribution in [1.29, 1.82) is 0 Å². The van der Waals surface area contributed by atoms with Crippen LogP contribution in [0.5, 0.6) is 0 Å². The van der Waals surface area contributed by atoms with Crippen molar-refractivity contribution < 1.29 is 9.21 Å². The van der Waals surface area contributed by atoms with Gasteiger partial charge in [0.1, 0.15) is 17.6 Å². The molecular formula is C23H21ClN4O3. The molecule has 1 aliphatic heterocycles. The van der Waals surface area contributed by atoms with Gasteiger partial charge in [0.05, 0.1) is 6.33 Å². The second kappa shape index (κ2) is 8.17. The zero-order chi connectivity index (χ0) is 21.4. The Labute approximate surface area is 183 Å². The molecule has 7 nitrogen and oxygen atoms in total. The van der Waals surface area contributed by atoms with Crippen molar-refractivity contribution in [2.24, 2.45) is 0 Å². The highest BCUT2D eigenvalue weighted by Gasteiger charge is 2.22. The summed E-state index contributed by atoms with van der Waals surface area (Å²) in [6.45, 7) is 3.60. The minimum atomic E-state index is -0.337. The van der Waals surface area contributed by atoms with E-state index < -0.39 is 0 Å². The molecule has 0 radical (unpaired) electrons. The summed E-state index contributed by atoms with van der Waals surface area (Å²) in [6, 6.07) is 15.2. The molecule has 3 heterocycles. The van der Waals surface area contributed by atoms with Crippen molar-refractivity contribution in [2.45, 2.75) is 13.1 Å². The Morgan fingerprint density at radius 1 is 1.03 bits per heavy atom. The van der Waals surface area contributed by atoms with Crippen LogP contribution in [0.15, 0.2) is 64.1 Å². The lowest BCUT2D eigenvalue weighted by molar-refractivity contribution is -0.133. The highest BCUT2D eigenvalue weighted by Crippen LogP contribution is 2.24. The number of rotatable bonds is 4. The van der Waals surface area contributed by atoms with Crippen LogP contribution in [-0.2, 0) is 17.9 Å². The molecule has 1 saturated heterocycles. The Morgan fingerprint density at radius 2 is 1.77 bits per heavy atom. The standard InChI is InChI=1S/C23H21ClN4O3/c24-17-7-5-16(6-8-17)13-26-9-11-27(12-10-26)20(29)14-28-15-25-21-18-3-1-2-4-19(18)31-22(21)23(28)30/h1-8,15H,9-14H2. The van der Waals surface area contributed by atoms with Crippen molar-refractivity contribution in [3.05, 3.63) is 75.8 Å². The number of benzene rings is 2. The number of fused-ring (bicyclic) bond motifs is 3. The molecule has 0 atom stereocenters. The molecule has 158 valence electrons. The Hall–Kier alpha value is -3.16. The normalized spacial score (nSPS) is 15.1. The van der Waals surface area contributed by atoms with Gasteiger partial charge in [0.25, 0.3) is 5.56 Å². The number of hydrogen-bond acceptors (Lipinski definition) is 5. The largest absolute Gasteiger partial charge is 0.448 e. The van der Waals surface area contributed by atoms with Crippen molar-refractivity contribution >= 4 is 39.6 Å². The number of carbonyl (C=O) groups is 1. The number of halogens is 1. The molecule has 0 N–H and O–H groups in total. The Morgan fingerprint density at radius 3 is 2.55 bits per heavy atom. The molecule has 31 heavy (non-hydrogen) atoms. The van der Waals surface area contributed by atoms with Crippen LogP contribution < -0.4 is 5.56 Å². The molecule has 0 saturated carbocycles. The van der Waals surface area contributed by atoms with E-state index in [1.54, 1.807) is 11.0 Å². The lowest BCUT2D eigenvalue weighted by Gasteiger charge is -2.34. The third kappa shape index (κ3) is 3.94. The van der Waals surface area contributed by atoms with Gasteiger partial charge in [-0.3, -0.25) is 19.1 Å². The SMILES string of the molecule is O=C(Cn1cnc2c(oc3ccccc32)c1=O)N1CCN(Cc2ccc(Cl)cc2)CC1. The second-order valence-corrected chi connectivity index (χ2v) is 8.17. The fourth-order valence-corrected chi connectivity index (χ4v) is 4.10. The topological polar surface area (TPSA) is 71.6 Å². The van der Waals surface area contributed by atoms with E-state index in [-0.39, 0.29) is 23.6 Å². The quantitative estimate of drug-likeness (QED) is 0.491. The molecule has 0 unspecified atom stereocenters. The first-order valence-electron chi connectivity index (χ1n) is 10.2. The van der Waals surface area contributed by atoms with Crippen LogP contribution in [0.4, 0.5) is 0 Å². The fourth-order valence-electron chi connectivity index (χ4n) is 3.98. The predicted octanol–water partition coefficient (Wildman–Crippen LogP) is 3.14. The Balaban J connectivity index is 1.25. The molecular weight excluding hydrogens is 416 g/mol. The minimum absolute atomic E-state index is 0.0456. The van der Waals surface area contributed by atoms with Gasteiger partial charge in [0.2, 0.25) is 11.5 Å². The maximum Gasteiger partial charge on any atom is 0.297 e. The maximum absolute atomic E-state index is 12.8. The third-order valence-electron chi connectivity index (χ3n) is 5.70. The van der Waals surface area contributed by atoms with Crippen molar-refractivity contribution in [3.8, 4) is 0 Å². The monoisotopic (exact) mass is 436 g/mol. The van der Waals surface area contributed by atoms with E-state index in [1.807, 2.05) is 42.5 Å². The third-order valence-corrected chi connectivity index (χ3v) is 5.95. The zero-order valence-corrected chi connectivity index (χ0v) is 17.6. The summed E-state index contributed by atoms with van der Waals surface area (Å²) in [7, 11) is 0. The average Bonchev–Trinajstić information content (AvgIpc) is 3.17. The molecule has 1 fully saturated rings. The van der Waals surface area contributed by atoms with Crippen LogP contribution in [0.2, 0.25) is 5.02 Å². The van der Waals surface area contributed by atoms with Gasteiger partial charge >= 0.3 is 0 Å². The Kier molecular flexibility index (Phi) is 5.21. The van der Waals surface area contributed by atoms with E-state index in [1.165, 1.54) is 16.5 Å². The summed E-state index contributed by atoms with van der Waals surface area (Å²) < 4.78 is 7.02. The summed E-state index contributed by atoms with van der Waals surface area (Å²) in [4.78, 5) is 34.1. The molecule has 0 bridgehead atoms. The van der Waals surface area contributed by atoms with Crippen molar-refractivity contribution in [2.75, 3.05) is 26.2 Å². The van der Waals surface area contributed by atoms with E-state index in [0.717, 1.165) is 30.0 Å². The van der Waals surface area contributed by atoms with E-state index in [4.69, 9.17) is 16.0 Å². The molecule has 1 aliphatic rings. The summed E-state index contributed by atoms with van der Waals surface area (Å²) in [5.41, 5.74) is 2.18. The van der Waals surface area contributed by atoms with Gasteiger partial charge in [-0.25, -0.2) is 4.98 Å². The van der Waals surface area contributed by atoms with Gasteiger partial charge < -0.3 is 9.32 Å². The summed E-state index contributed by atoms with van der Waals surface area (Å²) in [5, 5.41) is 1.52. The number of piperazine rings is 1. The average molecular weight is 437 g/mol. The predicted molar refractivity (Wildman–Crippen MR) is 119 cm³/mol. The molecule has 8 heteroatoms. The van der Waals surface area contributed by atoms with E-state index in [9.17, 15) is 9.59 Å². The van der Waals surface area contributed by atoms with Crippen LogP contribution in [0.25, 0.3) is 22.1 Å². The molecule has 2 aromatic heterocycles. The van der Waals surface area contributed by atoms with Gasteiger partial charge in [-0.2, -0.15) is 0 Å². The van der Waals surface area contributed by atoms with Gasteiger partial charge in [-0.1, -0.05) is 35.9 Å². The van der Waals surface area contributed by atoms with Crippen LogP contribution in [0, 0.1) is 0 Å². The molecule has 0 aliphatic carbocycles. The lowest BCUT2D eigenvalue weighted by Crippen LogP contribution is -2.49. The van der Waals surface area contributed by atoms with Crippen molar-refractivity contribution in [3.63, 3.8) is 0 Å². The smallest absolute Gasteiger partial charge is 0.297 e. The van der Waals surface area contributed by atoms with Crippen LogP contribution in [-0.4, -0.2) is 51.4 Å². The van der Waals surface area contributed by atoms with Gasteiger partial charge in [0, 0.05) is 43.1 Å². The first-order valence-corrected chi connectivity index (χ1v) is 10.6. The van der Waals surface area contributed by atoms with Crippen LogP contribution >= 0.6 is 11.6 Å². The number of amides is 1. The number of aromatic nitrogens is 2. The molecule has 4 aromatic rings. The number of hydrogen-bond donors (Lipinski definition) is 0. The summed E-state index contributed by atoms with van der Waals surface area (Å²) in [5.74, 6) is -0.0921. The fraction of sp³-hybridized carbons (Fsp3) is 0.261. The minimum Gasteiger partial charge on any atom is -0.448 e. The lowest BCUT2D eigenvalue weighted by atomic mass is 10.2. The number of para-hydroxylation sites is 1. The maximum atomic E-state index is 12.8. The van der Waals surface area contributed by atoms with Gasteiger partial charge in [0.15, 0.2) is 0 Å². The van der Waals surface area contributed by atoms with Crippen LogP contribution in [0.1, 0.15) is 5.56 Å². The van der Waals surface area contributed by atoms with Crippen LogP contribution in [0.3, 0.4) is 0 Å². The van der Waals surface area contributed by atoms with E-state index >= 15 is 0 Å². The number of carbonyl (C=O) groups excluding carboxylic acids is 1. The summed E-state index contributed by atoms with van der Waals surface area (Å²) in [6.07, 6.45) is 1.43. The highest BCUT2D eigenvalue weighted by atomic mass is 35.5. The first-order chi connectivity index (χ1) is 15.1. The highest BCUT2D eigenvalue weighted by molar-refractivity contribution is 6.30. The van der Waals surface area contributed by atoms with E-state index in [0.29, 0.717) is 24.2 Å². The summed E-state index contributed by atoms with van der Waals surface area (Å²) >= 11 is 5.95. The van der Waals surface area contributed by atoms with Crippen molar-refractivity contribution in [1.82, 2.24) is 19.4 Å². The van der Waals surface area contributed by atoms with Gasteiger partial charge in [-0.05, 0) is 29.8 Å². The first kappa shape index (κ1) is 19.8. The van der Waals surface area contributed by atoms with E-state index in [2.05, 4.69) is 9.88 Å². The zero-order valence-electron chi connectivity index (χ0n) is 16.8. The van der Waals surface area contributed by atoms with Gasteiger partial charge in [-0.15, -0.1) is 0 Å². The molecule has 0 spiro atoms. The number of nitrogens with zero attached hydrogens (tertiary/aromatic N) is 4. The molecule has 1 amide bonds.